The second-order valence-electron chi connectivity index (χ2n) is 4.31. The SMILES string of the molecule is CS(C)(=O)=Nc1nc(C2CCCC2)cs1. The van der Waals surface area contributed by atoms with Gasteiger partial charge in [-0.3, -0.25) is 0 Å². The van der Waals surface area contributed by atoms with Gasteiger partial charge in [-0.2, -0.15) is 4.36 Å². The van der Waals surface area contributed by atoms with Crippen molar-refractivity contribution < 1.29 is 4.21 Å². The third-order valence-electron chi connectivity index (χ3n) is 2.58. The van der Waals surface area contributed by atoms with Crippen LogP contribution in [0.15, 0.2) is 9.74 Å². The summed E-state index contributed by atoms with van der Waals surface area (Å²) in [5, 5.41) is 2.74. The summed E-state index contributed by atoms with van der Waals surface area (Å²) in [5.41, 5.74) is 1.15. The lowest BCUT2D eigenvalue weighted by Crippen LogP contribution is -1.92. The lowest BCUT2D eigenvalue weighted by atomic mass is 10.1. The van der Waals surface area contributed by atoms with Crippen molar-refractivity contribution in [2.75, 3.05) is 12.5 Å². The van der Waals surface area contributed by atoms with Crippen LogP contribution in [0.4, 0.5) is 5.13 Å². The number of thiazole rings is 1. The van der Waals surface area contributed by atoms with Gasteiger partial charge in [-0.1, -0.05) is 12.8 Å². The van der Waals surface area contributed by atoms with Crippen LogP contribution in [0.5, 0.6) is 0 Å². The molecule has 1 aromatic heterocycles. The minimum atomic E-state index is -2.06. The van der Waals surface area contributed by atoms with Gasteiger partial charge in [-0.25, -0.2) is 9.19 Å². The quantitative estimate of drug-likeness (QED) is 0.802. The van der Waals surface area contributed by atoms with Crippen molar-refractivity contribution in [3.05, 3.63) is 11.1 Å². The topological polar surface area (TPSA) is 42.3 Å². The van der Waals surface area contributed by atoms with Gasteiger partial charge in [-0.15, -0.1) is 11.3 Å². The Morgan fingerprint density at radius 3 is 2.73 bits per heavy atom. The number of hydrogen-bond donors (Lipinski definition) is 0. The third-order valence-corrected chi connectivity index (χ3v) is 4.06. The van der Waals surface area contributed by atoms with E-state index < -0.39 is 9.73 Å². The van der Waals surface area contributed by atoms with Crippen molar-refractivity contribution >= 4 is 26.2 Å². The second kappa shape index (κ2) is 4.22. The Balaban J connectivity index is 2.20. The zero-order valence-corrected chi connectivity index (χ0v) is 10.7. The monoisotopic (exact) mass is 244 g/mol. The van der Waals surface area contributed by atoms with Crippen LogP contribution in [0, 0.1) is 0 Å². The summed E-state index contributed by atoms with van der Waals surface area (Å²) in [6.45, 7) is 0. The standard InChI is InChI=1S/C10H16N2OS2/c1-15(2,13)12-10-11-9(7-14-10)8-5-3-4-6-8/h7-8H,3-6H2,1-2H3. The molecule has 1 aliphatic carbocycles. The molecule has 5 heteroatoms. The van der Waals surface area contributed by atoms with Gasteiger partial charge in [0.15, 0.2) is 0 Å². The van der Waals surface area contributed by atoms with Crippen LogP contribution < -0.4 is 0 Å². The Kier molecular flexibility index (Phi) is 3.11. The molecule has 0 atom stereocenters. The van der Waals surface area contributed by atoms with Crippen LogP contribution in [0.25, 0.3) is 0 Å². The molecule has 0 bridgehead atoms. The zero-order chi connectivity index (χ0) is 10.9. The van der Waals surface area contributed by atoms with Crippen LogP contribution in [-0.4, -0.2) is 21.7 Å². The van der Waals surface area contributed by atoms with E-state index in [0.29, 0.717) is 11.0 Å². The van der Waals surface area contributed by atoms with Gasteiger partial charge in [0.25, 0.3) is 0 Å². The summed E-state index contributed by atoms with van der Waals surface area (Å²) in [6.07, 6.45) is 8.40. The molecule has 15 heavy (non-hydrogen) atoms. The lowest BCUT2D eigenvalue weighted by Gasteiger charge is -2.02. The van der Waals surface area contributed by atoms with E-state index in [1.54, 1.807) is 12.5 Å². The number of hydrogen-bond acceptors (Lipinski definition) is 4. The maximum Gasteiger partial charge on any atom is 0.217 e. The zero-order valence-electron chi connectivity index (χ0n) is 9.10. The van der Waals surface area contributed by atoms with Crippen molar-refractivity contribution in [1.29, 1.82) is 0 Å². The van der Waals surface area contributed by atoms with Gasteiger partial charge in [-0.05, 0) is 12.8 Å². The predicted octanol–water partition coefficient (Wildman–Crippen LogP) is 3.16. The van der Waals surface area contributed by atoms with Gasteiger partial charge in [0.05, 0.1) is 5.69 Å². The molecule has 1 aliphatic rings. The fourth-order valence-corrected chi connectivity index (χ4v) is 3.67. The smallest absolute Gasteiger partial charge is 0.217 e. The molecule has 0 aliphatic heterocycles. The van der Waals surface area contributed by atoms with E-state index in [1.807, 2.05) is 0 Å². The molecule has 0 radical (unpaired) electrons. The van der Waals surface area contributed by atoms with E-state index in [9.17, 15) is 4.21 Å². The Bertz CT molecular complexity index is 444. The van der Waals surface area contributed by atoms with Crippen molar-refractivity contribution in [1.82, 2.24) is 4.98 Å². The summed E-state index contributed by atoms with van der Waals surface area (Å²) in [5.74, 6) is 0.620. The van der Waals surface area contributed by atoms with Crippen molar-refractivity contribution in [3.8, 4) is 0 Å². The molecule has 1 fully saturated rings. The first-order valence-electron chi connectivity index (χ1n) is 5.17. The average molecular weight is 244 g/mol. The van der Waals surface area contributed by atoms with E-state index in [-0.39, 0.29) is 0 Å². The van der Waals surface area contributed by atoms with Crippen LogP contribution >= 0.6 is 11.3 Å². The minimum absolute atomic E-state index is 0.620. The number of nitrogens with zero attached hydrogens (tertiary/aromatic N) is 2. The number of aromatic nitrogens is 1. The van der Waals surface area contributed by atoms with E-state index in [0.717, 1.165) is 5.69 Å². The lowest BCUT2D eigenvalue weighted by molar-refractivity contribution is 0.684. The first-order valence-corrected chi connectivity index (χ1v) is 8.38. The fourth-order valence-electron chi connectivity index (χ4n) is 1.92. The first kappa shape index (κ1) is 11.1. The third kappa shape index (κ3) is 3.01. The highest BCUT2D eigenvalue weighted by atomic mass is 32.2. The Morgan fingerprint density at radius 2 is 2.13 bits per heavy atom. The summed E-state index contributed by atoms with van der Waals surface area (Å²) >= 11 is 1.51. The van der Waals surface area contributed by atoms with Gasteiger partial charge >= 0.3 is 0 Å². The predicted molar refractivity (Wildman–Crippen MR) is 65.4 cm³/mol. The molecule has 1 saturated carbocycles. The molecule has 0 amide bonds. The van der Waals surface area contributed by atoms with Crippen LogP contribution in [0.3, 0.4) is 0 Å². The summed E-state index contributed by atoms with van der Waals surface area (Å²) in [4.78, 5) is 4.45. The summed E-state index contributed by atoms with van der Waals surface area (Å²) in [7, 11) is -2.06. The Labute approximate surface area is 95.1 Å². The van der Waals surface area contributed by atoms with Crippen LogP contribution in [-0.2, 0) is 9.73 Å². The van der Waals surface area contributed by atoms with Gasteiger partial charge in [0, 0.05) is 33.5 Å². The highest BCUT2D eigenvalue weighted by Crippen LogP contribution is 2.36. The first-order chi connectivity index (χ1) is 7.04. The molecular weight excluding hydrogens is 228 g/mol. The normalized spacial score (nSPS) is 18.3. The highest BCUT2D eigenvalue weighted by Gasteiger charge is 2.19. The highest BCUT2D eigenvalue weighted by molar-refractivity contribution is 7.92. The summed E-state index contributed by atoms with van der Waals surface area (Å²) in [6, 6.07) is 0. The van der Waals surface area contributed by atoms with Gasteiger partial charge < -0.3 is 0 Å². The molecular formula is C10H16N2OS2. The largest absolute Gasteiger partial charge is 0.250 e. The van der Waals surface area contributed by atoms with E-state index in [4.69, 9.17) is 0 Å². The molecule has 84 valence electrons. The Hall–Kier alpha value is -0.420. The van der Waals surface area contributed by atoms with Crippen molar-refractivity contribution in [2.45, 2.75) is 31.6 Å². The van der Waals surface area contributed by atoms with Gasteiger partial charge in [0.2, 0.25) is 5.13 Å². The summed E-state index contributed by atoms with van der Waals surface area (Å²) < 4.78 is 15.6. The van der Waals surface area contributed by atoms with Gasteiger partial charge in [0.1, 0.15) is 0 Å². The van der Waals surface area contributed by atoms with E-state index in [2.05, 4.69) is 14.7 Å². The van der Waals surface area contributed by atoms with E-state index in [1.165, 1.54) is 37.0 Å². The molecule has 1 heterocycles. The van der Waals surface area contributed by atoms with Crippen LogP contribution in [0.1, 0.15) is 37.3 Å². The van der Waals surface area contributed by atoms with E-state index >= 15 is 0 Å². The molecule has 0 N–H and O–H groups in total. The number of rotatable bonds is 2. The fraction of sp³-hybridized carbons (Fsp3) is 0.700. The molecule has 0 spiro atoms. The molecule has 0 unspecified atom stereocenters. The minimum Gasteiger partial charge on any atom is -0.250 e. The maximum absolute atomic E-state index is 11.5. The average Bonchev–Trinajstić information content (AvgIpc) is 2.68. The molecule has 2 rings (SSSR count). The van der Waals surface area contributed by atoms with Crippen LogP contribution in [0.2, 0.25) is 0 Å². The second-order valence-corrected chi connectivity index (χ2v) is 7.69. The Morgan fingerprint density at radius 1 is 1.47 bits per heavy atom. The van der Waals surface area contributed by atoms with Crippen molar-refractivity contribution in [2.24, 2.45) is 4.36 Å². The molecule has 0 aromatic carbocycles. The molecule has 3 nitrogen and oxygen atoms in total. The molecule has 0 saturated heterocycles. The maximum atomic E-state index is 11.5. The molecule has 1 aromatic rings. The van der Waals surface area contributed by atoms with Crippen molar-refractivity contribution in [3.63, 3.8) is 0 Å².